The Bertz CT molecular complexity index is 354. The lowest BCUT2D eigenvalue weighted by Crippen LogP contribution is -2.19. The molecule has 0 fully saturated rings. The van der Waals surface area contributed by atoms with Gasteiger partial charge in [0.2, 0.25) is 0 Å². The molecule has 0 amide bonds. The maximum atomic E-state index is 9.53. The fourth-order valence-corrected chi connectivity index (χ4v) is 0.591. The van der Waals surface area contributed by atoms with E-state index in [1.54, 1.807) is 6.20 Å². The number of rotatable bonds is 2. The van der Waals surface area contributed by atoms with Gasteiger partial charge in [-0.3, -0.25) is 5.73 Å². The molecule has 7 nitrogen and oxygen atoms in total. The number of anilines is 1. The molecule has 1 heterocycles. The van der Waals surface area contributed by atoms with Crippen molar-refractivity contribution in [2.24, 2.45) is 0 Å². The number of aromatic amines is 1. The Hall–Kier alpha value is -2.15. The van der Waals surface area contributed by atoms with E-state index >= 15 is 0 Å². The van der Waals surface area contributed by atoms with E-state index in [-0.39, 0.29) is 0 Å². The van der Waals surface area contributed by atoms with Crippen molar-refractivity contribution in [3.8, 4) is 0 Å². The summed E-state index contributed by atoms with van der Waals surface area (Å²) in [5.74, 6) is -2.43. The Balaban J connectivity index is 0.000000281. The highest BCUT2D eigenvalue weighted by Gasteiger charge is 1.92. The molecule has 0 saturated carbocycles. The van der Waals surface area contributed by atoms with Crippen LogP contribution in [0, 0.1) is 0 Å². The predicted molar refractivity (Wildman–Crippen MR) is 52.0 cm³/mol. The quantitative estimate of drug-likeness (QED) is 0.610. The molecule has 1 rings (SSSR count). The molecule has 0 bridgehead atoms. The fourth-order valence-electron chi connectivity index (χ4n) is 0.488. The SMILES string of the molecule is Nc1ncc(Cl)c[nH+]1.O=C([O-])/C=C\C(=O)O. The molecule has 16 heavy (non-hydrogen) atoms. The smallest absolute Gasteiger partial charge is 0.386 e. The Morgan fingerprint density at radius 2 is 2.19 bits per heavy atom. The van der Waals surface area contributed by atoms with Crippen molar-refractivity contribution in [1.82, 2.24) is 4.98 Å². The summed E-state index contributed by atoms with van der Waals surface area (Å²) >= 11 is 5.46. The van der Waals surface area contributed by atoms with Crippen LogP contribution in [0.5, 0.6) is 0 Å². The number of nitrogen functional groups attached to an aromatic ring is 1. The number of H-pyrrole nitrogens is 1. The first-order valence-corrected chi connectivity index (χ1v) is 4.20. The molecule has 0 aromatic carbocycles. The number of nitrogens with zero attached hydrogens (tertiary/aromatic N) is 1. The van der Waals surface area contributed by atoms with Crippen LogP contribution >= 0.6 is 11.6 Å². The van der Waals surface area contributed by atoms with Crippen molar-refractivity contribution in [1.29, 1.82) is 0 Å². The van der Waals surface area contributed by atoms with Crippen LogP contribution in [-0.4, -0.2) is 22.0 Å². The van der Waals surface area contributed by atoms with Gasteiger partial charge in [0.25, 0.3) is 0 Å². The van der Waals surface area contributed by atoms with Crippen LogP contribution < -0.4 is 15.8 Å². The lowest BCUT2D eigenvalue weighted by Gasteiger charge is -1.85. The first-order chi connectivity index (χ1) is 7.41. The summed E-state index contributed by atoms with van der Waals surface area (Å²) in [5.41, 5.74) is 5.20. The van der Waals surface area contributed by atoms with Gasteiger partial charge in [-0.2, -0.15) is 0 Å². The molecule has 0 saturated heterocycles. The Kier molecular flexibility index (Phi) is 6.22. The number of carboxylic acids is 2. The van der Waals surface area contributed by atoms with Crippen molar-refractivity contribution in [2.45, 2.75) is 0 Å². The number of carbonyl (C=O) groups excluding carboxylic acids is 1. The third-order valence-corrected chi connectivity index (χ3v) is 1.25. The number of carboxylic acid groups (broad SMARTS) is 2. The van der Waals surface area contributed by atoms with Crippen molar-refractivity contribution >= 4 is 29.5 Å². The van der Waals surface area contributed by atoms with Crippen LogP contribution in [0.25, 0.3) is 0 Å². The lowest BCUT2D eigenvalue weighted by atomic mass is 10.5. The molecule has 0 aliphatic rings. The van der Waals surface area contributed by atoms with E-state index < -0.39 is 11.9 Å². The summed E-state index contributed by atoms with van der Waals surface area (Å²) in [7, 11) is 0. The number of hydrogen-bond acceptors (Lipinski definition) is 5. The van der Waals surface area contributed by atoms with Crippen LogP contribution in [-0.2, 0) is 9.59 Å². The van der Waals surface area contributed by atoms with Crippen LogP contribution in [0.15, 0.2) is 24.5 Å². The normalized spacial score (nSPS) is 9.31. The molecular formula is C8H8ClN3O4. The third kappa shape index (κ3) is 8.45. The average molecular weight is 246 g/mol. The Morgan fingerprint density at radius 3 is 2.44 bits per heavy atom. The number of aromatic nitrogens is 2. The highest BCUT2D eigenvalue weighted by atomic mass is 35.5. The molecule has 0 aliphatic carbocycles. The van der Waals surface area contributed by atoms with Gasteiger partial charge in [-0.1, -0.05) is 16.6 Å². The molecule has 1 aromatic rings. The monoisotopic (exact) mass is 245 g/mol. The minimum atomic E-state index is -1.51. The molecule has 1 aromatic heterocycles. The van der Waals surface area contributed by atoms with Gasteiger partial charge in [-0.15, -0.1) is 0 Å². The molecule has 0 atom stereocenters. The van der Waals surface area contributed by atoms with Crippen LogP contribution in [0.1, 0.15) is 0 Å². The summed E-state index contributed by atoms with van der Waals surface area (Å²) in [6.07, 6.45) is 3.99. The van der Waals surface area contributed by atoms with E-state index in [9.17, 15) is 14.7 Å². The summed E-state index contributed by atoms with van der Waals surface area (Å²) in [6.45, 7) is 0. The zero-order chi connectivity index (χ0) is 12.6. The number of aliphatic carboxylic acids is 2. The Morgan fingerprint density at radius 1 is 1.56 bits per heavy atom. The second kappa shape index (κ2) is 7.18. The van der Waals surface area contributed by atoms with Gasteiger partial charge in [0.15, 0.2) is 0 Å². The van der Waals surface area contributed by atoms with Gasteiger partial charge in [0, 0.05) is 6.08 Å². The molecule has 0 radical (unpaired) electrons. The molecule has 0 spiro atoms. The molecule has 0 unspecified atom stereocenters. The molecule has 0 aliphatic heterocycles. The summed E-state index contributed by atoms with van der Waals surface area (Å²) in [5, 5.41) is 17.8. The fraction of sp³-hybridized carbons (Fsp3) is 0. The molecule has 4 N–H and O–H groups in total. The lowest BCUT2D eigenvalue weighted by molar-refractivity contribution is -0.364. The zero-order valence-corrected chi connectivity index (χ0v) is 8.64. The second-order valence-corrected chi connectivity index (χ2v) is 2.74. The topological polar surface area (TPSA) is 130 Å². The largest absolute Gasteiger partial charge is 0.545 e. The predicted octanol–water partition coefficient (Wildman–Crippen LogP) is -1.49. The van der Waals surface area contributed by atoms with E-state index in [1.807, 2.05) is 0 Å². The summed E-state index contributed by atoms with van der Waals surface area (Å²) < 4.78 is 0. The Labute approximate surface area is 95.2 Å². The van der Waals surface area contributed by atoms with E-state index in [2.05, 4.69) is 9.97 Å². The van der Waals surface area contributed by atoms with Gasteiger partial charge < -0.3 is 15.0 Å². The average Bonchev–Trinajstić information content (AvgIpc) is 2.20. The highest BCUT2D eigenvalue weighted by Crippen LogP contribution is 1.99. The van der Waals surface area contributed by atoms with Gasteiger partial charge >= 0.3 is 11.9 Å². The standard InChI is InChI=1S/C4H4ClN3.C4H4O4/c5-3-1-7-4(6)8-2-3;5-3(6)1-2-4(7)8/h1-2H,(H2,6,7,8);1-2H,(H,5,6)(H,7,8)/b;2-1-. The number of carbonyl (C=O) groups is 2. The maximum absolute atomic E-state index is 9.53. The zero-order valence-electron chi connectivity index (χ0n) is 7.88. The summed E-state index contributed by atoms with van der Waals surface area (Å²) in [4.78, 5) is 25.3. The maximum Gasteiger partial charge on any atom is 0.386 e. The molecule has 86 valence electrons. The minimum absolute atomic E-state index is 0.370. The number of hydrogen-bond donors (Lipinski definition) is 2. The van der Waals surface area contributed by atoms with Gasteiger partial charge in [0.05, 0.1) is 12.2 Å². The van der Waals surface area contributed by atoms with Gasteiger partial charge in [0.1, 0.15) is 11.2 Å². The van der Waals surface area contributed by atoms with Crippen molar-refractivity contribution in [3.63, 3.8) is 0 Å². The van der Waals surface area contributed by atoms with E-state index in [4.69, 9.17) is 22.4 Å². The first-order valence-electron chi connectivity index (χ1n) is 3.82. The van der Waals surface area contributed by atoms with E-state index in [0.29, 0.717) is 23.1 Å². The van der Waals surface area contributed by atoms with Crippen LogP contribution in [0.2, 0.25) is 5.02 Å². The highest BCUT2D eigenvalue weighted by molar-refractivity contribution is 6.30. The number of nitrogens with two attached hydrogens (primary N) is 1. The van der Waals surface area contributed by atoms with Crippen molar-refractivity contribution in [3.05, 3.63) is 29.6 Å². The second-order valence-electron chi connectivity index (χ2n) is 2.31. The molecular weight excluding hydrogens is 238 g/mol. The summed E-state index contributed by atoms with van der Waals surface area (Å²) in [6, 6.07) is 0. The minimum Gasteiger partial charge on any atom is -0.545 e. The van der Waals surface area contributed by atoms with Gasteiger partial charge in [-0.25, -0.2) is 9.78 Å². The van der Waals surface area contributed by atoms with Crippen LogP contribution in [0.4, 0.5) is 5.95 Å². The third-order valence-electron chi connectivity index (χ3n) is 1.05. The van der Waals surface area contributed by atoms with Crippen molar-refractivity contribution < 1.29 is 24.8 Å². The number of halogens is 1. The van der Waals surface area contributed by atoms with Gasteiger partial charge in [-0.05, 0) is 6.08 Å². The molecule has 8 heteroatoms. The van der Waals surface area contributed by atoms with E-state index in [1.165, 1.54) is 6.20 Å². The van der Waals surface area contributed by atoms with Crippen LogP contribution in [0.3, 0.4) is 0 Å². The number of nitrogens with one attached hydrogen (secondary N) is 1. The van der Waals surface area contributed by atoms with Crippen molar-refractivity contribution in [2.75, 3.05) is 5.73 Å². The first kappa shape index (κ1) is 13.8. The van der Waals surface area contributed by atoms with E-state index in [0.717, 1.165) is 0 Å².